The zero-order valence-electron chi connectivity index (χ0n) is 19.6. The van der Waals surface area contributed by atoms with Crippen LogP contribution in [0.5, 0.6) is 0 Å². The second-order valence-corrected chi connectivity index (χ2v) is 10.3. The maximum atomic E-state index is 13.1. The molecular formula is C24H26F3N5O2S. The van der Waals surface area contributed by atoms with Gasteiger partial charge in [-0.3, -0.25) is 0 Å². The van der Waals surface area contributed by atoms with Crippen LogP contribution >= 0.6 is 11.3 Å². The first-order valence-electron chi connectivity index (χ1n) is 11.0. The molecule has 7 nitrogen and oxygen atoms in total. The number of anilines is 2. The van der Waals surface area contributed by atoms with Gasteiger partial charge in [0.15, 0.2) is 0 Å². The number of nitrogens with two attached hydrogens (primary N) is 1. The Hall–Kier alpha value is -3.34. The number of alkyl halides is 3. The highest BCUT2D eigenvalue weighted by molar-refractivity contribution is 7.20. The van der Waals surface area contributed by atoms with Gasteiger partial charge < -0.3 is 20.7 Å². The number of halogens is 3. The third-order valence-corrected chi connectivity index (χ3v) is 6.50. The van der Waals surface area contributed by atoms with E-state index >= 15 is 0 Å². The fourth-order valence-corrected chi connectivity index (χ4v) is 4.84. The van der Waals surface area contributed by atoms with Gasteiger partial charge >= 0.3 is 12.3 Å². The second-order valence-electron chi connectivity index (χ2n) is 9.27. The lowest BCUT2D eigenvalue weighted by Crippen LogP contribution is -2.39. The molecule has 1 aliphatic heterocycles. The molecule has 0 saturated carbocycles. The standard InChI is InChI=1S/C24H26F3N5O2S/c1-23(2,3)34-22(33)32-6-4-15(5-7-32)19-11-18-20(35-19)21(31-13-30-18)29-12-14-8-16(24(25,26)27)10-17(28)9-14/h4,8-11,13H,5-7,12,28H2,1-3H3,(H,29,30,31). The van der Waals surface area contributed by atoms with E-state index in [0.717, 1.165) is 32.8 Å². The summed E-state index contributed by atoms with van der Waals surface area (Å²) in [5.74, 6) is 0.536. The van der Waals surface area contributed by atoms with Crippen LogP contribution < -0.4 is 11.1 Å². The summed E-state index contributed by atoms with van der Waals surface area (Å²) in [6, 6.07) is 5.46. The van der Waals surface area contributed by atoms with E-state index in [9.17, 15) is 18.0 Å². The molecular weight excluding hydrogens is 479 g/mol. The quantitative estimate of drug-likeness (QED) is 0.427. The van der Waals surface area contributed by atoms with Gasteiger partial charge in [0.05, 0.1) is 15.8 Å². The van der Waals surface area contributed by atoms with Gasteiger partial charge in [-0.1, -0.05) is 6.08 Å². The SMILES string of the molecule is CC(C)(C)OC(=O)N1CC=C(c2cc3ncnc(NCc4cc(N)cc(C(F)(F)F)c4)c3s2)CC1. The fourth-order valence-electron chi connectivity index (χ4n) is 3.69. The van der Waals surface area contributed by atoms with E-state index in [2.05, 4.69) is 15.3 Å². The summed E-state index contributed by atoms with van der Waals surface area (Å²) in [4.78, 5) is 23.6. The molecule has 4 rings (SSSR count). The molecule has 1 aromatic carbocycles. The van der Waals surface area contributed by atoms with Gasteiger partial charge in [0.2, 0.25) is 0 Å². The van der Waals surface area contributed by atoms with Crippen molar-refractivity contribution in [1.29, 1.82) is 0 Å². The number of nitrogen functional groups attached to an aromatic ring is 1. The van der Waals surface area contributed by atoms with Gasteiger partial charge in [0.25, 0.3) is 0 Å². The minimum Gasteiger partial charge on any atom is -0.444 e. The predicted octanol–water partition coefficient (Wildman–Crippen LogP) is 5.93. The molecule has 3 N–H and O–H groups in total. The molecule has 0 atom stereocenters. The van der Waals surface area contributed by atoms with E-state index in [1.807, 2.05) is 32.9 Å². The number of carbonyl (C=O) groups excluding carboxylic acids is 1. The van der Waals surface area contributed by atoms with E-state index in [-0.39, 0.29) is 18.3 Å². The highest BCUT2D eigenvalue weighted by Gasteiger charge is 2.31. The Morgan fingerprint density at radius 2 is 1.97 bits per heavy atom. The lowest BCUT2D eigenvalue weighted by atomic mass is 10.1. The summed E-state index contributed by atoms with van der Waals surface area (Å²) in [6.45, 7) is 6.63. The van der Waals surface area contributed by atoms with Crippen LogP contribution in [0.2, 0.25) is 0 Å². The Kier molecular flexibility index (Phi) is 6.63. The highest BCUT2D eigenvalue weighted by Crippen LogP contribution is 2.36. The lowest BCUT2D eigenvalue weighted by molar-refractivity contribution is -0.137. The van der Waals surface area contributed by atoms with Crippen LogP contribution in [0.1, 0.15) is 43.2 Å². The van der Waals surface area contributed by atoms with Crippen molar-refractivity contribution < 1.29 is 22.7 Å². The Balaban J connectivity index is 1.50. The summed E-state index contributed by atoms with van der Waals surface area (Å²) in [6.07, 6.45) is -0.713. The minimum atomic E-state index is -4.47. The molecule has 0 spiro atoms. The second kappa shape index (κ2) is 9.37. The number of nitrogens with zero attached hydrogens (tertiary/aromatic N) is 3. The number of benzene rings is 1. The largest absolute Gasteiger partial charge is 0.444 e. The van der Waals surface area contributed by atoms with Crippen LogP contribution in [0.4, 0.5) is 29.5 Å². The van der Waals surface area contributed by atoms with Crippen molar-refractivity contribution >= 4 is 44.7 Å². The average molecular weight is 506 g/mol. The molecule has 1 amide bonds. The number of nitrogens with one attached hydrogen (secondary N) is 1. The minimum absolute atomic E-state index is 0.0486. The number of thiophene rings is 1. The zero-order valence-corrected chi connectivity index (χ0v) is 20.4. The third-order valence-electron chi connectivity index (χ3n) is 5.29. The molecule has 0 aliphatic carbocycles. The lowest BCUT2D eigenvalue weighted by Gasteiger charge is -2.29. The first kappa shape index (κ1) is 24.8. The summed E-state index contributed by atoms with van der Waals surface area (Å²) >= 11 is 1.50. The molecule has 0 unspecified atom stereocenters. The van der Waals surface area contributed by atoms with Crippen molar-refractivity contribution in [2.45, 2.75) is 45.5 Å². The van der Waals surface area contributed by atoms with E-state index in [0.29, 0.717) is 30.9 Å². The first-order chi connectivity index (χ1) is 16.4. The molecule has 11 heteroatoms. The smallest absolute Gasteiger partial charge is 0.416 e. The van der Waals surface area contributed by atoms with E-state index < -0.39 is 17.3 Å². The van der Waals surface area contributed by atoms with Gasteiger partial charge in [-0.2, -0.15) is 13.2 Å². The Bertz CT molecular complexity index is 1280. The number of fused-ring (bicyclic) bond motifs is 1. The van der Waals surface area contributed by atoms with Crippen LogP contribution in [-0.4, -0.2) is 39.7 Å². The Morgan fingerprint density at radius 1 is 1.20 bits per heavy atom. The number of ether oxygens (including phenoxy) is 1. The van der Waals surface area contributed by atoms with Crippen molar-refractivity contribution in [3.8, 4) is 0 Å². The molecule has 0 saturated heterocycles. The van der Waals surface area contributed by atoms with Gasteiger partial charge in [-0.05, 0) is 62.6 Å². The topological polar surface area (TPSA) is 93.4 Å². The molecule has 0 fully saturated rings. The first-order valence-corrected chi connectivity index (χ1v) is 11.8. The number of carbonyl (C=O) groups is 1. The summed E-state index contributed by atoms with van der Waals surface area (Å²) < 4.78 is 45.6. The van der Waals surface area contributed by atoms with Gasteiger partial charge in [0, 0.05) is 30.2 Å². The fraction of sp³-hybridized carbons (Fsp3) is 0.375. The van der Waals surface area contributed by atoms with Crippen molar-refractivity contribution in [1.82, 2.24) is 14.9 Å². The Morgan fingerprint density at radius 3 is 2.63 bits per heavy atom. The molecule has 3 heterocycles. The molecule has 35 heavy (non-hydrogen) atoms. The van der Waals surface area contributed by atoms with Crippen LogP contribution in [0.3, 0.4) is 0 Å². The van der Waals surface area contributed by atoms with E-state index in [1.54, 1.807) is 4.90 Å². The maximum Gasteiger partial charge on any atom is 0.416 e. The molecule has 3 aromatic rings. The molecule has 0 bridgehead atoms. The third kappa shape index (κ3) is 6.02. The van der Waals surface area contributed by atoms with Crippen molar-refractivity contribution in [2.75, 3.05) is 24.1 Å². The van der Waals surface area contributed by atoms with Crippen LogP contribution in [0, 0.1) is 0 Å². The predicted molar refractivity (Wildman–Crippen MR) is 131 cm³/mol. The molecule has 0 radical (unpaired) electrons. The number of aromatic nitrogens is 2. The monoisotopic (exact) mass is 505 g/mol. The summed E-state index contributed by atoms with van der Waals surface area (Å²) in [5, 5.41) is 3.12. The maximum absolute atomic E-state index is 13.1. The number of rotatable bonds is 4. The normalized spacial score (nSPS) is 14.7. The number of hydrogen-bond donors (Lipinski definition) is 2. The number of amides is 1. The Labute approximate surface area is 204 Å². The van der Waals surface area contributed by atoms with Gasteiger partial charge in [-0.25, -0.2) is 14.8 Å². The molecule has 186 valence electrons. The van der Waals surface area contributed by atoms with Crippen LogP contribution in [0.25, 0.3) is 15.8 Å². The molecule has 2 aromatic heterocycles. The summed E-state index contributed by atoms with van der Waals surface area (Å²) in [7, 11) is 0. The van der Waals surface area contributed by atoms with E-state index in [1.165, 1.54) is 23.7 Å². The van der Waals surface area contributed by atoms with Crippen LogP contribution in [0.15, 0.2) is 36.7 Å². The summed E-state index contributed by atoms with van der Waals surface area (Å²) in [5.41, 5.74) is 6.62. The average Bonchev–Trinajstić information content (AvgIpc) is 3.21. The van der Waals surface area contributed by atoms with Crippen molar-refractivity contribution in [3.63, 3.8) is 0 Å². The van der Waals surface area contributed by atoms with Crippen LogP contribution in [-0.2, 0) is 17.5 Å². The van der Waals surface area contributed by atoms with Gasteiger partial charge in [0.1, 0.15) is 17.7 Å². The highest BCUT2D eigenvalue weighted by atomic mass is 32.1. The number of hydrogen-bond acceptors (Lipinski definition) is 7. The van der Waals surface area contributed by atoms with Gasteiger partial charge in [-0.15, -0.1) is 11.3 Å². The van der Waals surface area contributed by atoms with Crippen molar-refractivity contribution in [2.24, 2.45) is 0 Å². The molecule has 1 aliphatic rings. The van der Waals surface area contributed by atoms with E-state index in [4.69, 9.17) is 10.5 Å². The zero-order chi connectivity index (χ0) is 25.4. The van der Waals surface area contributed by atoms with Crippen molar-refractivity contribution in [3.05, 3.63) is 52.7 Å².